The van der Waals surface area contributed by atoms with E-state index in [4.69, 9.17) is 14.4 Å². The SMILES string of the molecule is C=C/C=C\c1oc2cc3c(cc2c1C)c1c(-c2nc(-c4ccccc4)nc(-c4ccc5ccccc5c4)c2C#N)cccc1n3-c1ccccc1. The molecule has 0 radical (unpaired) electrons. The average molecular weight is 655 g/mol. The fourth-order valence-corrected chi connectivity index (χ4v) is 7.19. The van der Waals surface area contributed by atoms with Crippen molar-refractivity contribution >= 4 is 49.6 Å². The Bertz CT molecular complexity index is 2890. The Kier molecular flexibility index (Phi) is 7.15. The van der Waals surface area contributed by atoms with Crippen LogP contribution in [0.2, 0.25) is 0 Å². The number of nitrogens with zero attached hydrogens (tertiary/aromatic N) is 4. The first kappa shape index (κ1) is 30.1. The van der Waals surface area contributed by atoms with Crippen LogP contribution >= 0.6 is 0 Å². The number of aromatic nitrogens is 3. The van der Waals surface area contributed by atoms with Gasteiger partial charge in [-0.05, 0) is 54.1 Å². The minimum Gasteiger partial charge on any atom is -0.456 e. The summed E-state index contributed by atoms with van der Waals surface area (Å²) in [7, 11) is 0. The Balaban J connectivity index is 1.40. The van der Waals surface area contributed by atoms with Crippen LogP contribution in [0.5, 0.6) is 0 Å². The zero-order chi connectivity index (χ0) is 34.5. The molecule has 9 aromatic rings. The molecule has 5 heteroatoms. The van der Waals surface area contributed by atoms with E-state index in [0.717, 1.165) is 77.2 Å². The number of benzene rings is 6. The van der Waals surface area contributed by atoms with E-state index in [2.05, 4.69) is 84.8 Å². The molecule has 0 aliphatic heterocycles. The first-order chi connectivity index (χ1) is 25.1. The fraction of sp³-hybridized carbons (Fsp3) is 0.0217. The van der Waals surface area contributed by atoms with Gasteiger partial charge in [-0.2, -0.15) is 5.26 Å². The third-order valence-corrected chi connectivity index (χ3v) is 9.61. The summed E-state index contributed by atoms with van der Waals surface area (Å²) >= 11 is 0. The Morgan fingerprint density at radius 2 is 1.45 bits per heavy atom. The number of fused-ring (bicyclic) bond motifs is 5. The van der Waals surface area contributed by atoms with Gasteiger partial charge < -0.3 is 8.98 Å². The van der Waals surface area contributed by atoms with Crippen LogP contribution in [0.3, 0.4) is 0 Å². The van der Waals surface area contributed by atoms with Crippen molar-refractivity contribution in [1.82, 2.24) is 14.5 Å². The first-order valence-electron chi connectivity index (χ1n) is 16.8. The molecule has 3 heterocycles. The predicted molar refractivity (Wildman–Crippen MR) is 209 cm³/mol. The second-order valence-electron chi connectivity index (χ2n) is 12.6. The highest BCUT2D eigenvalue weighted by Crippen LogP contribution is 2.43. The van der Waals surface area contributed by atoms with Gasteiger partial charge in [-0.1, -0.05) is 116 Å². The van der Waals surface area contributed by atoms with Crippen molar-refractivity contribution in [3.63, 3.8) is 0 Å². The van der Waals surface area contributed by atoms with E-state index in [1.807, 2.05) is 84.9 Å². The molecule has 9 rings (SSSR count). The minimum atomic E-state index is 0.426. The van der Waals surface area contributed by atoms with Crippen molar-refractivity contribution in [2.24, 2.45) is 0 Å². The van der Waals surface area contributed by atoms with Crippen molar-refractivity contribution in [2.45, 2.75) is 6.92 Å². The topological polar surface area (TPSA) is 67.6 Å². The molecule has 0 N–H and O–H groups in total. The number of hydrogen-bond donors (Lipinski definition) is 0. The maximum absolute atomic E-state index is 11.0. The molecule has 0 atom stereocenters. The van der Waals surface area contributed by atoms with E-state index in [9.17, 15) is 5.26 Å². The summed E-state index contributed by atoms with van der Waals surface area (Å²) in [5.74, 6) is 1.35. The first-order valence-corrected chi connectivity index (χ1v) is 16.8. The molecule has 51 heavy (non-hydrogen) atoms. The summed E-state index contributed by atoms with van der Waals surface area (Å²) in [5.41, 5.74) is 9.08. The number of para-hydroxylation sites is 1. The van der Waals surface area contributed by atoms with E-state index in [0.29, 0.717) is 22.8 Å². The zero-order valence-corrected chi connectivity index (χ0v) is 27.8. The van der Waals surface area contributed by atoms with Gasteiger partial charge in [0.1, 0.15) is 23.0 Å². The maximum Gasteiger partial charge on any atom is 0.160 e. The summed E-state index contributed by atoms with van der Waals surface area (Å²) in [6.07, 6.45) is 5.58. The molecule has 0 unspecified atom stereocenters. The van der Waals surface area contributed by atoms with Gasteiger partial charge in [0.25, 0.3) is 0 Å². The van der Waals surface area contributed by atoms with E-state index >= 15 is 0 Å². The highest BCUT2D eigenvalue weighted by atomic mass is 16.3. The van der Waals surface area contributed by atoms with Crippen LogP contribution in [0.15, 0.2) is 157 Å². The normalized spacial score (nSPS) is 11.6. The van der Waals surface area contributed by atoms with Gasteiger partial charge in [-0.3, -0.25) is 0 Å². The molecule has 0 fully saturated rings. The number of nitriles is 1. The Hall–Kier alpha value is -7.03. The molecular formula is C46H30N4O. The van der Waals surface area contributed by atoms with Crippen molar-refractivity contribution in [3.8, 4) is 45.7 Å². The smallest absolute Gasteiger partial charge is 0.160 e. The lowest BCUT2D eigenvalue weighted by atomic mass is 9.95. The summed E-state index contributed by atoms with van der Waals surface area (Å²) in [6, 6.07) is 47.9. The van der Waals surface area contributed by atoms with E-state index in [1.165, 1.54) is 0 Å². The number of hydrogen-bond acceptors (Lipinski definition) is 4. The lowest BCUT2D eigenvalue weighted by molar-refractivity contribution is 0.601. The van der Waals surface area contributed by atoms with E-state index in [1.54, 1.807) is 6.08 Å². The molecule has 5 nitrogen and oxygen atoms in total. The zero-order valence-electron chi connectivity index (χ0n) is 27.8. The Morgan fingerprint density at radius 1 is 0.706 bits per heavy atom. The molecule has 0 saturated heterocycles. The number of rotatable bonds is 6. The van der Waals surface area contributed by atoms with Gasteiger partial charge in [-0.25, -0.2) is 9.97 Å². The minimum absolute atomic E-state index is 0.426. The Morgan fingerprint density at radius 3 is 2.24 bits per heavy atom. The van der Waals surface area contributed by atoms with Crippen LogP contribution < -0.4 is 0 Å². The summed E-state index contributed by atoms with van der Waals surface area (Å²) < 4.78 is 8.66. The number of allylic oxidation sites excluding steroid dienone is 2. The summed E-state index contributed by atoms with van der Waals surface area (Å²) in [6.45, 7) is 5.91. The predicted octanol–water partition coefficient (Wildman–Crippen LogP) is 11.9. The van der Waals surface area contributed by atoms with Crippen molar-refractivity contribution in [2.75, 3.05) is 0 Å². The van der Waals surface area contributed by atoms with Gasteiger partial charge in [0.15, 0.2) is 5.82 Å². The molecule has 0 aliphatic carbocycles. The monoisotopic (exact) mass is 654 g/mol. The largest absolute Gasteiger partial charge is 0.456 e. The lowest BCUT2D eigenvalue weighted by Gasteiger charge is -2.14. The van der Waals surface area contributed by atoms with Crippen molar-refractivity contribution in [1.29, 1.82) is 5.26 Å². The number of aryl methyl sites for hydroxylation is 1. The molecule has 0 amide bonds. The third kappa shape index (κ3) is 4.93. The molecular weight excluding hydrogens is 625 g/mol. The summed E-state index contributed by atoms with van der Waals surface area (Å²) in [5, 5.41) is 16.2. The van der Waals surface area contributed by atoms with Crippen LogP contribution in [0.4, 0.5) is 0 Å². The average Bonchev–Trinajstić information content (AvgIpc) is 3.68. The quantitative estimate of drug-likeness (QED) is 0.167. The van der Waals surface area contributed by atoms with Gasteiger partial charge in [0, 0.05) is 50.2 Å². The number of furan rings is 1. The molecule has 0 aliphatic rings. The van der Waals surface area contributed by atoms with Crippen molar-refractivity contribution < 1.29 is 4.42 Å². The maximum atomic E-state index is 11.0. The Labute approximate surface area is 294 Å². The highest BCUT2D eigenvalue weighted by molar-refractivity contribution is 6.19. The van der Waals surface area contributed by atoms with Gasteiger partial charge in [-0.15, -0.1) is 0 Å². The molecule has 6 aromatic carbocycles. The van der Waals surface area contributed by atoms with Gasteiger partial charge in [0.05, 0.1) is 22.4 Å². The standard InChI is InChI=1S/C46H30N4O/c1-3-4-22-41-29(2)36-26-37-40(27-42(36)51-41)50(34-18-9-6-10-19-34)39-21-13-20-35(43(37)39)45-38(28-47)44(48-46(49-45)31-15-7-5-8-16-31)33-24-23-30-14-11-12-17-32(30)25-33/h3-27H,1H2,2H3/b22-4-. The molecule has 0 spiro atoms. The molecule has 240 valence electrons. The second kappa shape index (κ2) is 12.1. The molecule has 0 bridgehead atoms. The second-order valence-corrected chi connectivity index (χ2v) is 12.6. The van der Waals surface area contributed by atoms with E-state index < -0.39 is 0 Å². The van der Waals surface area contributed by atoms with Crippen LogP contribution in [-0.4, -0.2) is 14.5 Å². The van der Waals surface area contributed by atoms with E-state index in [-0.39, 0.29) is 0 Å². The van der Waals surface area contributed by atoms with Gasteiger partial charge in [0.2, 0.25) is 0 Å². The molecule has 3 aromatic heterocycles. The fourth-order valence-electron chi connectivity index (χ4n) is 7.19. The van der Waals surface area contributed by atoms with Crippen LogP contribution in [0.25, 0.3) is 89.2 Å². The summed E-state index contributed by atoms with van der Waals surface area (Å²) in [4.78, 5) is 10.3. The third-order valence-electron chi connectivity index (χ3n) is 9.61. The van der Waals surface area contributed by atoms with Crippen molar-refractivity contribution in [3.05, 3.63) is 169 Å². The molecule has 0 saturated carbocycles. The highest BCUT2D eigenvalue weighted by Gasteiger charge is 2.24. The van der Waals surface area contributed by atoms with Crippen LogP contribution in [0, 0.1) is 18.3 Å². The van der Waals surface area contributed by atoms with Crippen LogP contribution in [-0.2, 0) is 0 Å². The van der Waals surface area contributed by atoms with Crippen LogP contribution in [0.1, 0.15) is 16.9 Å². The lowest BCUT2D eigenvalue weighted by Crippen LogP contribution is -2.01. The van der Waals surface area contributed by atoms with Gasteiger partial charge >= 0.3 is 0 Å².